The van der Waals surface area contributed by atoms with Crippen LogP contribution in [0, 0.1) is 0 Å². The molecular formula is C14H23NO8. The molecule has 0 spiro atoms. The Morgan fingerprint density at radius 3 is 1.74 bits per heavy atom. The zero-order valence-corrected chi connectivity index (χ0v) is 13.7. The molecule has 0 aliphatic carbocycles. The first-order valence-corrected chi connectivity index (χ1v) is 7.04. The summed E-state index contributed by atoms with van der Waals surface area (Å²) in [4.78, 5) is 46.0. The average Bonchev–Trinajstić information content (AvgIpc) is 2.53. The second-order valence-corrected chi connectivity index (χ2v) is 4.49. The quantitative estimate of drug-likeness (QED) is 0.366. The number of esters is 4. The van der Waals surface area contributed by atoms with Crippen LogP contribution in [0.3, 0.4) is 0 Å². The molecule has 0 aromatic rings. The van der Waals surface area contributed by atoms with E-state index in [-0.39, 0.29) is 31.4 Å². The number of ether oxygens (including phenoxy) is 4. The molecule has 0 aromatic carbocycles. The third-order valence-electron chi connectivity index (χ3n) is 2.78. The van der Waals surface area contributed by atoms with Crippen molar-refractivity contribution in [2.24, 2.45) is 0 Å². The minimum absolute atomic E-state index is 0.0441. The molecule has 0 saturated heterocycles. The van der Waals surface area contributed by atoms with Gasteiger partial charge in [-0.05, 0) is 0 Å². The number of carbonyl (C=O) groups excluding carboxylic acids is 4. The van der Waals surface area contributed by atoms with Crippen LogP contribution >= 0.6 is 0 Å². The lowest BCUT2D eigenvalue weighted by atomic mass is 10.3. The van der Waals surface area contributed by atoms with Crippen molar-refractivity contribution in [1.29, 1.82) is 0 Å². The molecule has 0 unspecified atom stereocenters. The van der Waals surface area contributed by atoms with Crippen molar-refractivity contribution in [3.8, 4) is 0 Å². The van der Waals surface area contributed by atoms with Gasteiger partial charge in [0.15, 0.2) is 6.61 Å². The van der Waals surface area contributed by atoms with Gasteiger partial charge in [-0.15, -0.1) is 0 Å². The Hall–Kier alpha value is -2.16. The van der Waals surface area contributed by atoms with E-state index in [1.165, 1.54) is 21.1 Å². The highest BCUT2D eigenvalue weighted by Crippen LogP contribution is 1.98. The first kappa shape index (κ1) is 20.8. The van der Waals surface area contributed by atoms with Crippen LogP contribution in [0.2, 0.25) is 0 Å². The van der Waals surface area contributed by atoms with E-state index in [4.69, 9.17) is 4.74 Å². The van der Waals surface area contributed by atoms with Crippen molar-refractivity contribution in [3.63, 3.8) is 0 Å². The maximum absolute atomic E-state index is 11.3. The van der Waals surface area contributed by atoms with Crippen molar-refractivity contribution in [2.75, 3.05) is 47.1 Å². The summed E-state index contributed by atoms with van der Waals surface area (Å²) in [6.45, 7) is 1.81. The molecule has 0 amide bonds. The molecule has 0 rings (SSSR count). The Labute approximate surface area is 134 Å². The number of carbonyl (C=O) groups is 4. The molecule has 0 N–H and O–H groups in total. The third kappa shape index (κ3) is 12.1. The summed E-state index contributed by atoms with van der Waals surface area (Å²) < 4.78 is 18.5. The average molecular weight is 333 g/mol. The maximum Gasteiger partial charge on any atom is 0.344 e. The molecule has 0 aromatic heterocycles. The van der Waals surface area contributed by atoms with Gasteiger partial charge in [0.1, 0.15) is 6.61 Å². The molecule has 0 atom stereocenters. The highest BCUT2D eigenvalue weighted by Gasteiger charge is 2.12. The SMILES string of the molecule is COC(=O)CCN(CCOC(=O)COC(C)=O)CCC(=O)OC. The lowest BCUT2D eigenvalue weighted by Gasteiger charge is -2.21. The first-order chi connectivity index (χ1) is 10.9. The van der Waals surface area contributed by atoms with Crippen LogP contribution < -0.4 is 0 Å². The Balaban J connectivity index is 4.17. The number of nitrogens with zero attached hydrogens (tertiary/aromatic N) is 1. The topological polar surface area (TPSA) is 108 Å². The summed E-state index contributed by atoms with van der Waals surface area (Å²) in [5.74, 6) is -1.99. The highest BCUT2D eigenvalue weighted by atomic mass is 16.6. The minimum Gasteiger partial charge on any atom is -0.469 e. The van der Waals surface area contributed by atoms with Crippen LogP contribution in [-0.4, -0.2) is 75.8 Å². The molecule has 9 heteroatoms. The van der Waals surface area contributed by atoms with Gasteiger partial charge >= 0.3 is 23.9 Å². The summed E-state index contributed by atoms with van der Waals surface area (Å²) in [6, 6.07) is 0. The molecule has 9 nitrogen and oxygen atoms in total. The summed E-state index contributed by atoms with van der Waals surface area (Å²) in [5, 5.41) is 0. The van der Waals surface area contributed by atoms with Crippen LogP contribution in [0.4, 0.5) is 0 Å². The van der Waals surface area contributed by atoms with E-state index in [2.05, 4.69) is 14.2 Å². The van der Waals surface area contributed by atoms with Gasteiger partial charge in [-0.3, -0.25) is 19.3 Å². The van der Waals surface area contributed by atoms with Gasteiger partial charge in [0, 0.05) is 26.6 Å². The van der Waals surface area contributed by atoms with Crippen LogP contribution in [0.1, 0.15) is 19.8 Å². The second kappa shape index (κ2) is 12.4. The van der Waals surface area contributed by atoms with E-state index < -0.39 is 18.5 Å². The van der Waals surface area contributed by atoms with E-state index in [9.17, 15) is 19.2 Å². The van der Waals surface area contributed by atoms with Gasteiger partial charge in [0.25, 0.3) is 0 Å². The molecular weight excluding hydrogens is 310 g/mol. The number of methoxy groups -OCH3 is 2. The standard InChI is InChI=1S/C14H23NO8/c1-11(16)23-10-14(19)22-9-8-15(6-4-12(17)20-2)7-5-13(18)21-3/h4-10H2,1-3H3. The summed E-state index contributed by atoms with van der Waals surface area (Å²) >= 11 is 0. The van der Waals surface area contributed by atoms with Gasteiger partial charge in [-0.2, -0.15) is 0 Å². The molecule has 23 heavy (non-hydrogen) atoms. The van der Waals surface area contributed by atoms with E-state index >= 15 is 0 Å². The number of rotatable bonds is 11. The van der Waals surface area contributed by atoms with Gasteiger partial charge in [0.2, 0.25) is 0 Å². The zero-order valence-electron chi connectivity index (χ0n) is 13.7. The second-order valence-electron chi connectivity index (χ2n) is 4.49. The molecule has 0 heterocycles. The van der Waals surface area contributed by atoms with Gasteiger partial charge in [-0.25, -0.2) is 4.79 Å². The lowest BCUT2D eigenvalue weighted by Crippen LogP contribution is -2.33. The number of hydrogen-bond acceptors (Lipinski definition) is 9. The molecule has 132 valence electrons. The van der Waals surface area contributed by atoms with E-state index in [1.54, 1.807) is 4.90 Å². The number of hydrogen-bond donors (Lipinski definition) is 0. The predicted molar refractivity (Wildman–Crippen MR) is 77.3 cm³/mol. The Bertz CT molecular complexity index is 390. The molecule has 0 bridgehead atoms. The highest BCUT2D eigenvalue weighted by molar-refractivity contribution is 5.75. The molecule has 0 radical (unpaired) electrons. The summed E-state index contributed by atoms with van der Waals surface area (Å²) in [7, 11) is 2.58. The van der Waals surface area contributed by atoms with Gasteiger partial charge in [-0.1, -0.05) is 0 Å². The smallest absolute Gasteiger partial charge is 0.344 e. The first-order valence-electron chi connectivity index (χ1n) is 7.04. The van der Waals surface area contributed by atoms with E-state index in [0.29, 0.717) is 19.6 Å². The molecule has 0 aliphatic heterocycles. The van der Waals surface area contributed by atoms with Crippen molar-refractivity contribution in [1.82, 2.24) is 4.90 Å². The Kier molecular flexibility index (Phi) is 11.2. The Morgan fingerprint density at radius 1 is 0.783 bits per heavy atom. The van der Waals surface area contributed by atoms with Crippen LogP contribution in [0.25, 0.3) is 0 Å². The summed E-state index contributed by atoms with van der Waals surface area (Å²) in [6.07, 6.45) is 0.304. The summed E-state index contributed by atoms with van der Waals surface area (Å²) in [5.41, 5.74) is 0. The van der Waals surface area contributed by atoms with Crippen LogP contribution in [0.15, 0.2) is 0 Å². The van der Waals surface area contributed by atoms with E-state index in [1.807, 2.05) is 0 Å². The third-order valence-corrected chi connectivity index (χ3v) is 2.78. The largest absolute Gasteiger partial charge is 0.469 e. The molecule has 0 fully saturated rings. The zero-order chi connectivity index (χ0) is 17.7. The van der Waals surface area contributed by atoms with Gasteiger partial charge in [0.05, 0.1) is 27.1 Å². The lowest BCUT2D eigenvalue weighted by molar-refractivity contribution is -0.157. The Morgan fingerprint density at radius 2 is 1.30 bits per heavy atom. The van der Waals surface area contributed by atoms with Crippen molar-refractivity contribution < 1.29 is 38.1 Å². The van der Waals surface area contributed by atoms with E-state index in [0.717, 1.165) is 0 Å². The molecule has 0 aliphatic rings. The minimum atomic E-state index is -0.666. The van der Waals surface area contributed by atoms with Crippen LogP contribution in [-0.2, 0) is 38.1 Å². The van der Waals surface area contributed by atoms with Crippen molar-refractivity contribution in [2.45, 2.75) is 19.8 Å². The fourth-order valence-corrected chi connectivity index (χ4v) is 1.53. The molecule has 0 saturated carbocycles. The maximum atomic E-state index is 11.3. The monoisotopic (exact) mass is 333 g/mol. The van der Waals surface area contributed by atoms with Gasteiger partial charge < -0.3 is 18.9 Å². The fourth-order valence-electron chi connectivity index (χ4n) is 1.53. The van der Waals surface area contributed by atoms with Crippen LogP contribution in [0.5, 0.6) is 0 Å². The normalized spacial score (nSPS) is 10.1. The fraction of sp³-hybridized carbons (Fsp3) is 0.714. The van der Waals surface area contributed by atoms with Crippen molar-refractivity contribution in [3.05, 3.63) is 0 Å². The van der Waals surface area contributed by atoms with Crippen molar-refractivity contribution >= 4 is 23.9 Å². The predicted octanol–water partition coefficient (Wildman–Crippen LogP) is -0.479.